The summed E-state index contributed by atoms with van der Waals surface area (Å²) in [5.74, 6) is 1.59. The zero-order chi connectivity index (χ0) is 39.0. The molecule has 0 bridgehead atoms. The summed E-state index contributed by atoms with van der Waals surface area (Å²) in [6.45, 7) is 4.30. The van der Waals surface area contributed by atoms with Crippen molar-refractivity contribution in [3.63, 3.8) is 0 Å². The minimum atomic E-state index is -0.221. The summed E-state index contributed by atoms with van der Waals surface area (Å²) >= 11 is 0. The Hall–Kier alpha value is -7.31. The fourth-order valence-electron chi connectivity index (χ4n) is 8.67. The molecule has 0 saturated carbocycles. The van der Waals surface area contributed by atoms with Gasteiger partial charge in [0, 0.05) is 58.0 Å². The molecule has 1 unspecified atom stereocenters. The normalized spacial score (nSPS) is 15.4. The molecule has 6 nitrogen and oxygen atoms in total. The smallest absolute Gasteiger partial charge is 0.159 e. The number of aliphatic imine (C=N–C) groups is 2. The number of para-hydroxylation sites is 2. The van der Waals surface area contributed by atoms with Crippen LogP contribution in [0.15, 0.2) is 186 Å². The first-order valence-corrected chi connectivity index (χ1v) is 19.9. The number of hydrogen-bond acceptors (Lipinski definition) is 4. The van der Waals surface area contributed by atoms with Gasteiger partial charge >= 0.3 is 0 Å². The summed E-state index contributed by atoms with van der Waals surface area (Å²) in [5.41, 5.74) is 14.9. The predicted octanol–water partition coefficient (Wildman–Crippen LogP) is 11.9. The SMILES string of the molecule is C=Cc1c(/C=C\CC2=Cc3c(n(-c4ccccc4)c4cccnc34)CC2)n(-c2cccc(C3=NC(c4ccccc4)=NC(c4ccccc4)N3C)c2)c2ccccc12. The Morgan fingerprint density at radius 2 is 1.41 bits per heavy atom. The van der Waals surface area contributed by atoms with E-state index in [-0.39, 0.29) is 6.17 Å². The number of rotatable bonds is 9. The van der Waals surface area contributed by atoms with Crippen LogP contribution < -0.4 is 0 Å². The third kappa shape index (κ3) is 6.20. The first kappa shape index (κ1) is 35.1. The van der Waals surface area contributed by atoms with E-state index in [1.54, 1.807) is 0 Å². The maximum Gasteiger partial charge on any atom is 0.159 e. The van der Waals surface area contributed by atoms with Crippen molar-refractivity contribution in [1.29, 1.82) is 0 Å². The summed E-state index contributed by atoms with van der Waals surface area (Å²) in [4.78, 5) is 17.4. The van der Waals surface area contributed by atoms with Gasteiger partial charge in [0.05, 0.1) is 22.2 Å². The molecule has 0 fully saturated rings. The van der Waals surface area contributed by atoms with Crippen molar-refractivity contribution in [1.82, 2.24) is 19.0 Å². The van der Waals surface area contributed by atoms with E-state index in [0.717, 1.165) is 81.1 Å². The summed E-state index contributed by atoms with van der Waals surface area (Å²) in [6.07, 6.45) is 13.4. The minimum absolute atomic E-state index is 0.221. The molecule has 58 heavy (non-hydrogen) atoms. The number of fused-ring (bicyclic) bond motifs is 4. The molecular weight excluding hydrogens is 709 g/mol. The highest BCUT2D eigenvalue weighted by molar-refractivity contribution is 6.13. The quantitative estimate of drug-likeness (QED) is 0.147. The van der Waals surface area contributed by atoms with Crippen LogP contribution in [0.25, 0.3) is 51.5 Å². The van der Waals surface area contributed by atoms with Crippen LogP contribution in [-0.4, -0.2) is 37.7 Å². The molecule has 0 spiro atoms. The van der Waals surface area contributed by atoms with E-state index in [2.05, 4.69) is 167 Å². The molecule has 1 aliphatic heterocycles. The van der Waals surface area contributed by atoms with E-state index >= 15 is 0 Å². The second kappa shape index (κ2) is 15.0. The van der Waals surface area contributed by atoms with Crippen LogP contribution in [0.5, 0.6) is 0 Å². The monoisotopic (exact) mass is 750 g/mol. The molecule has 4 heterocycles. The fourth-order valence-corrected chi connectivity index (χ4v) is 8.67. The molecule has 0 N–H and O–H groups in total. The molecule has 0 amide bonds. The number of hydrogen-bond donors (Lipinski definition) is 0. The molecule has 5 aromatic carbocycles. The second-order valence-corrected chi connectivity index (χ2v) is 14.9. The number of amidine groups is 2. The summed E-state index contributed by atoms with van der Waals surface area (Å²) in [6, 6.07) is 52.9. The summed E-state index contributed by atoms with van der Waals surface area (Å²) in [7, 11) is 2.09. The molecule has 1 atom stereocenters. The third-order valence-corrected chi connectivity index (χ3v) is 11.4. The minimum Gasteiger partial charge on any atom is -0.333 e. The van der Waals surface area contributed by atoms with Crippen molar-refractivity contribution in [2.75, 3.05) is 7.05 Å². The molecule has 280 valence electrons. The highest BCUT2D eigenvalue weighted by atomic mass is 15.3. The van der Waals surface area contributed by atoms with E-state index in [4.69, 9.17) is 15.0 Å². The van der Waals surface area contributed by atoms with Crippen LogP contribution in [0.3, 0.4) is 0 Å². The van der Waals surface area contributed by atoms with E-state index < -0.39 is 0 Å². The van der Waals surface area contributed by atoms with Gasteiger partial charge in [-0.15, -0.1) is 0 Å². The Labute approximate surface area is 338 Å². The number of nitrogens with zero attached hydrogens (tertiary/aromatic N) is 6. The fraction of sp³-hybridized carbons (Fsp3) is 0.0962. The Bertz CT molecular complexity index is 2950. The van der Waals surface area contributed by atoms with E-state index in [0.29, 0.717) is 0 Å². The van der Waals surface area contributed by atoms with Crippen LogP contribution in [0.1, 0.15) is 58.2 Å². The Morgan fingerprint density at radius 1 is 0.707 bits per heavy atom. The molecule has 6 heteroatoms. The molecule has 0 radical (unpaired) electrons. The number of aromatic nitrogens is 3. The molecule has 0 saturated heterocycles. The third-order valence-electron chi connectivity index (χ3n) is 11.4. The predicted molar refractivity (Wildman–Crippen MR) is 241 cm³/mol. The maximum atomic E-state index is 5.22. The molecule has 2 aliphatic rings. The maximum absolute atomic E-state index is 5.22. The van der Waals surface area contributed by atoms with Gasteiger partial charge < -0.3 is 14.0 Å². The molecule has 10 rings (SSSR count). The topological polar surface area (TPSA) is 50.7 Å². The zero-order valence-corrected chi connectivity index (χ0v) is 32.4. The van der Waals surface area contributed by atoms with Crippen LogP contribution in [0.2, 0.25) is 0 Å². The second-order valence-electron chi connectivity index (χ2n) is 14.9. The van der Waals surface area contributed by atoms with Gasteiger partial charge in [-0.2, -0.15) is 0 Å². The number of benzene rings is 5. The number of pyridine rings is 1. The van der Waals surface area contributed by atoms with Crippen molar-refractivity contribution >= 4 is 51.8 Å². The van der Waals surface area contributed by atoms with Gasteiger partial charge in [0.25, 0.3) is 0 Å². The van der Waals surface area contributed by atoms with E-state index in [1.807, 2.05) is 42.6 Å². The first-order chi connectivity index (χ1) is 28.7. The standard InChI is InChI=1S/C52H42N6/c1-3-42-43-27-13-14-28-46(43)58(45(42)29-15-18-36-31-32-47-44(34-36)49-48(30-17-33-53-49)57(47)40-24-11-6-12-25-40)41-26-16-23-39(35-41)52-55-50(37-19-7-4-8-20-37)54-51(56(52)2)38-21-9-5-10-22-38/h3-17,19-30,33-35,51H,1,18,31-32H2,2H3/b29-15-. The van der Waals surface area contributed by atoms with E-state index in [1.165, 1.54) is 27.9 Å². The lowest BCUT2D eigenvalue weighted by molar-refractivity contribution is 0.383. The van der Waals surface area contributed by atoms with Gasteiger partial charge in [0.1, 0.15) is 12.0 Å². The van der Waals surface area contributed by atoms with Crippen molar-refractivity contribution in [2.24, 2.45) is 9.98 Å². The Morgan fingerprint density at radius 3 is 2.22 bits per heavy atom. The molecule has 1 aliphatic carbocycles. The lowest BCUT2D eigenvalue weighted by Crippen LogP contribution is -2.35. The molecule has 3 aromatic heterocycles. The van der Waals surface area contributed by atoms with Gasteiger partial charge in [-0.05, 0) is 73.4 Å². The Kier molecular flexibility index (Phi) is 9.07. The summed E-state index contributed by atoms with van der Waals surface area (Å²) < 4.78 is 4.75. The lowest BCUT2D eigenvalue weighted by Gasteiger charge is -2.32. The molecule has 8 aromatic rings. The van der Waals surface area contributed by atoms with Crippen LogP contribution in [-0.2, 0) is 6.42 Å². The van der Waals surface area contributed by atoms with Crippen LogP contribution in [0, 0.1) is 0 Å². The van der Waals surface area contributed by atoms with Crippen molar-refractivity contribution < 1.29 is 0 Å². The largest absolute Gasteiger partial charge is 0.333 e. The van der Waals surface area contributed by atoms with Crippen molar-refractivity contribution in [2.45, 2.75) is 25.4 Å². The van der Waals surface area contributed by atoms with Gasteiger partial charge in [0.2, 0.25) is 0 Å². The number of allylic oxidation sites excluding steroid dienone is 2. The van der Waals surface area contributed by atoms with Gasteiger partial charge in [-0.3, -0.25) is 4.98 Å². The first-order valence-electron chi connectivity index (χ1n) is 19.9. The van der Waals surface area contributed by atoms with Gasteiger partial charge in [-0.1, -0.05) is 140 Å². The lowest BCUT2D eigenvalue weighted by atomic mass is 9.94. The van der Waals surface area contributed by atoms with Crippen molar-refractivity contribution in [3.05, 3.63) is 215 Å². The highest BCUT2D eigenvalue weighted by Crippen LogP contribution is 2.37. The zero-order valence-electron chi connectivity index (χ0n) is 32.4. The highest BCUT2D eigenvalue weighted by Gasteiger charge is 2.27. The van der Waals surface area contributed by atoms with Gasteiger partial charge in [-0.25, -0.2) is 9.98 Å². The average molecular weight is 751 g/mol. The van der Waals surface area contributed by atoms with Crippen molar-refractivity contribution in [3.8, 4) is 11.4 Å². The Balaban J connectivity index is 1.03. The average Bonchev–Trinajstić information content (AvgIpc) is 3.79. The van der Waals surface area contributed by atoms with Crippen LogP contribution >= 0.6 is 0 Å². The summed E-state index contributed by atoms with van der Waals surface area (Å²) in [5, 5.41) is 1.17. The van der Waals surface area contributed by atoms with E-state index in [9.17, 15) is 0 Å². The van der Waals surface area contributed by atoms with Crippen LogP contribution in [0.4, 0.5) is 0 Å². The van der Waals surface area contributed by atoms with Gasteiger partial charge in [0.15, 0.2) is 5.84 Å². The molecular formula is C52H42N6.